The zero-order valence-electron chi connectivity index (χ0n) is 11.7. The van der Waals surface area contributed by atoms with Crippen molar-refractivity contribution >= 4 is 27.8 Å². The van der Waals surface area contributed by atoms with Crippen LogP contribution in [0.15, 0.2) is 41.1 Å². The van der Waals surface area contributed by atoms with Gasteiger partial charge < -0.3 is 9.80 Å². The molecule has 0 N–H and O–H groups in total. The van der Waals surface area contributed by atoms with Gasteiger partial charge >= 0.3 is 0 Å². The quantitative estimate of drug-likeness (QED) is 0.820. The molecule has 3 rings (SSSR count). The van der Waals surface area contributed by atoms with Crippen LogP contribution in [0.25, 0.3) is 0 Å². The summed E-state index contributed by atoms with van der Waals surface area (Å²) in [7, 11) is 0. The highest BCUT2D eigenvalue weighted by molar-refractivity contribution is 9.10. The number of hydrogen-bond acceptors (Lipinski definition) is 4. The van der Waals surface area contributed by atoms with E-state index in [0.29, 0.717) is 36.6 Å². The van der Waals surface area contributed by atoms with Gasteiger partial charge in [0.05, 0.1) is 5.56 Å². The minimum atomic E-state index is -0.506. The third kappa shape index (κ3) is 3.09. The zero-order valence-corrected chi connectivity index (χ0v) is 13.3. The van der Waals surface area contributed by atoms with Crippen molar-refractivity contribution in [2.24, 2.45) is 0 Å². The largest absolute Gasteiger partial charge is 0.337 e. The fourth-order valence-corrected chi connectivity index (χ4v) is 2.73. The highest BCUT2D eigenvalue weighted by Crippen LogP contribution is 2.18. The minimum Gasteiger partial charge on any atom is -0.337 e. The number of carbonyl (C=O) groups excluding carboxylic acids is 1. The van der Waals surface area contributed by atoms with E-state index in [1.54, 1.807) is 29.4 Å². The first kappa shape index (κ1) is 14.9. The van der Waals surface area contributed by atoms with E-state index in [9.17, 15) is 9.18 Å². The summed E-state index contributed by atoms with van der Waals surface area (Å²) in [6.45, 7) is 2.31. The molecule has 0 radical (unpaired) electrons. The number of amides is 1. The average Bonchev–Trinajstić information content (AvgIpc) is 2.55. The Bertz CT molecular complexity index is 674. The van der Waals surface area contributed by atoms with Gasteiger partial charge in [-0.1, -0.05) is 15.9 Å². The minimum absolute atomic E-state index is 0.104. The number of anilines is 1. The van der Waals surface area contributed by atoms with Gasteiger partial charge in [-0.2, -0.15) is 0 Å². The Labute approximate surface area is 135 Å². The van der Waals surface area contributed by atoms with Gasteiger partial charge in [0.25, 0.3) is 5.91 Å². The number of rotatable bonds is 2. The van der Waals surface area contributed by atoms with Crippen LogP contribution in [-0.4, -0.2) is 47.0 Å². The van der Waals surface area contributed by atoms with Crippen LogP contribution in [0.3, 0.4) is 0 Å². The third-order valence-corrected chi connectivity index (χ3v) is 4.06. The number of halogens is 2. The SMILES string of the molecule is O=C(c1ccc(Br)cc1F)N1CCN(c2ncccn2)CC1. The van der Waals surface area contributed by atoms with Crippen LogP contribution in [0.5, 0.6) is 0 Å². The zero-order chi connectivity index (χ0) is 15.5. The van der Waals surface area contributed by atoms with Gasteiger partial charge in [-0.05, 0) is 24.3 Å². The lowest BCUT2D eigenvalue weighted by Crippen LogP contribution is -2.49. The molecule has 1 aromatic heterocycles. The molecule has 1 amide bonds. The summed E-state index contributed by atoms with van der Waals surface area (Å²) in [5, 5.41) is 0. The van der Waals surface area contributed by atoms with Gasteiger partial charge in [0.2, 0.25) is 5.95 Å². The van der Waals surface area contributed by atoms with E-state index in [2.05, 4.69) is 25.9 Å². The normalized spacial score (nSPS) is 15.0. The Morgan fingerprint density at radius 1 is 1.14 bits per heavy atom. The molecular formula is C15H14BrFN4O. The van der Waals surface area contributed by atoms with Crippen LogP contribution in [0.2, 0.25) is 0 Å². The summed E-state index contributed by atoms with van der Waals surface area (Å²) >= 11 is 3.19. The molecule has 1 aliphatic rings. The molecule has 0 aliphatic carbocycles. The van der Waals surface area contributed by atoms with Crippen molar-refractivity contribution in [3.63, 3.8) is 0 Å². The molecule has 114 valence electrons. The number of piperazine rings is 1. The van der Waals surface area contributed by atoms with Crippen molar-refractivity contribution in [1.29, 1.82) is 0 Å². The molecule has 22 heavy (non-hydrogen) atoms. The molecule has 1 saturated heterocycles. The van der Waals surface area contributed by atoms with Crippen molar-refractivity contribution < 1.29 is 9.18 Å². The highest BCUT2D eigenvalue weighted by Gasteiger charge is 2.25. The fraction of sp³-hybridized carbons (Fsp3) is 0.267. The Balaban J connectivity index is 1.67. The van der Waals surface area contributed by atoms with Crippen LogP contribution in [0.1, 0.15) is 10.4 Å². The van der Waals surface area contributed by atoms with Crippen LogP contribution < -0.4 is 4.90 Å². The summed E-state index contributed by atoms with van der Waals surface area (Å²) in [6, 6.07) is 6.25. The number of benzene rings is 1. The maximum Gasteiger partial charge on any atom is 0.256 e. The monoisotopic (exact) mass is 364 g/mol. The first-order valence-corrected chi connectivity index (χ1v) is 7.71. The van der Waals surface area contributed by atoms with E-state index >= 15 is 0 Å². The molecule has 1 aliphatic heterocycles. The first-order valence-electron chi connectivity index (χ1n) is 6.91. The molecule has 5 nitrogen and oxygen atoms in total. The molecule has 0 bridgehead atoms. The van der Waals surface area contributed by atoms with Gasteiger partial charge in [0, 0.05) is 43.0 Å². The topological polar surface area (TPSA) is 49.3 Å². The summed E-state index contributed by atoms with van der Waals surface area (Å²) in [4.78, 5) is 24.5. The molecule has 1 fully saturated rings. The van der Waals surface area contributed by atoms with Crippen LogP contribution in [0.4, 0.5) is 10.3 Å². The maximum atomic E-state index is 13.9. The molecule has 2 heterocycles. The lowest BCUT2D eigenvalue weighted by molar-refractivity contribution is 0.0741. The highest BCUT2D eigenvalue weighted by atomic mass is 79.9. The van der Waals surface area contributed by atoms with Crippen molar-refractivity contribution in [2.75, 3.05) is 31.1 Å². The Kier molecular flexibility index (Phi) is 4.33. The lowest BCUT2D eigenvalue weighted by Gasteiger charge is -2.34. The van der Waals surface area contributed by atoms with Gasteiger partial charge in [-0.3, -0.25) is 4.79 Å². The Hall–Kier alpha value is -2.02. The lowest BCUT2D eigenvalue weighted by atomic mass is 10.1. The van der Waals surface area contributed by atoms with E-state index < -0.39 is 5.82 Å². The van der Waals surface area contributed by atoms with Crippen molar-refractivity contribution in [2.45, 2.75) is 0 Å². The van der Waals surface area contributed by atoms with Crippen LogP contribution in [-0.2, 0) is 0 Å². The maximum absolute atomic E-state index is 13.9. The van der Waals surface area contributed by atoms with Gasteiger partial charge in [0.1, 0.15) is 5.82 Å². The van der Waals surface area contributed by atoms with Crippen LogP contribution in [0, 0.1) is 5.82 Å². The van der Waals surface area contributed by atoms with E-state index in [1.165, 1.54) is 12.1 Å². The number of nitrogens with zero attached hydrogens (tertiary/aromatic N) is 4. The van der Waals surface area contributed by atoms with E-state index in [-0.39, 0.29) is 11.5 Å². The molecule has 0 saturated carbocycles. The third-order valence-electron chi connectivity index (χ3n) is 3.56. The van der Waals surface area contributed by atoms with Crippen molar-refractivity contribution in [1.82, 2.24) is 14.9 Å². The second-order valence-electron chi connectivity index (χ2n) is 4.95. The number of carbonyl (C=O) groups is 1. The molecule has 0 atom stereocenters. The fourth-order valence-electron chi connectivity index (χ4n) is 2.40. The van der Waals surface area contributed by atoms with Gasteiger partial charge in [0.15, 0.2) is 0 Å². The predicted molar refractivity (Wildman–Crippen MR) is 84.2 cm³/mol. The smallest absolute Gasteiger partial charge is 0.256 e. The van der Waals surface area contributed by atoms with E-state index in [4.69, 9.17) is 0 Å². The van der Waals surface area contributed by atoms with Gasteiger partial charge in [-0.15, -0.1) is 0 Å². The molecule has 2 aromatic rings. The molecule has 1 aromatic carbocycles. The standard InChI is InChI=1S/C15H14BrFN4O/c16-11-2-3-12(13(17)10-11)14(22)20-6-8-21(9-7-20)15-18-4-1-5-19-15/h1-5,10H,6-9H2. The number of aromatic nitrogens is 2. The second kappa shape index (κ2) is 6.39. The average molecular weight is 365 g/mol. The van der Waals surface area contributed by atoms with Crippen molar-refractivity contribution in [3.05, 3.63) is 52.5 Å². The first-order chi connectivity index (χ1) is 10.6. The van der Waals surface area contributed by atoms with Crippen LogP contribution >= 0.6 is 15.9 Å². The summed E-state index contributed by atoms with van der Waals surface area (Å²) < 4.78 is 14.5. The van der Waals surface area contributed by atoms with Gasteiger partial charge in [-0.25, -0.2) is 14.4 Å². The number of hydrogen-bond donors (Lipinski definition) is 0. The van der Waals surface area contributed by atoms with Crippen molar-refractivity contribution in [3.8, 4) is 0 Å². The van der Waals surface area contributed by atoms with E-state index in [0.717, 1.165) is 0 Å². The Morgan fingerprint density at radius 2 is 1.82 bits per heavy atom. The Morgan fingerprint density at radius 3 is 2.45 bits per heavy atom. The molecular weight excluding hydrogens is 351 g/mol. The second-order valence-corrected chi connectivity index (χ2v) is 5.87. The summed E-state index contributed by atoms with van der Waals surface area (Å²) in [6.07, 6.45) is 3.38. The molecule has 7 heteroatoms. The molecule has 0 spiro atoms. The van der Waals surface area contributed by atoms with E-state index in [1.807, 2.05) is 4.90 Å². The summed E-state index contributed by atoms with van der Waals surface area (Å²) in [5.41, 5.74) is 0.104. The summed E-state index contributed by atoms with van der Waals surface area (Å²) in [5.74, 6) is -0.128. The molecule has 0 unspecified atom stereocenters. The predicted octanol–water partition coefficient (Wildman–Crippen LogP) is 2.34.